The molecule has 1 N–H and O–H groups in total. The van der Waals surface area contributed by atoms with Crippen molar-refractivity contribution in [3.63, 3.8) is 0 Å². The Kier molecular flexibility index (Phi) is 5.88. The highest BCUT2D eigenvalue weighted by Gasteiger charge is 2.21. The molecule has 2 rings (SSSR count). The van der Waals surface area contributed by atoms with Crippen molar-refractivity contribution < 1.29 is 19.4 Å². The number of halogens is 1. The fourth-order valence-corrected chi connectivity index (χ4v) is 2.64. The lowest BCUT2D eigenvalue weighted by atomic mass is 9.92. The third-order valence-electron chi connectivity index (χ3n) is 3.55. The minimum absolute atomic E-state index is 0.379. The van der Waals surface area contributed by atoms with Crippen molar-refractivity contribution in [2.24, 2.45) is 0 Å². The van der Waals surface area contributed by atoms with Gasteiger partial charge in [-0.25, -0.2) is 0 Å². The van der Waals surface area contributed by atoms with Crippen molar-refractivity contribution in [3.05, 3.63) is 58.6 Å². The number of carboxylic acids is 1. The fourth-order valence-electron chi connectivity index (χ4n) is 2.37. The number of carboxylic acid groups (broad SMARTS) is 1. The summed E-state index contributed by atoms with van der Waals surface area (Å²) in [6, 6.07) is 12.5. The number of methoxy groups -OCH3 is 1. The molecule has 0 aromatic heterocycles. The van der Waals surface area contributed by atoms with E-state index in [1.165, 1.54) is 7.11 Å². The van der Waals surface area contributed by atoms with Gasteiger partial charge in [0.25, 0.3) is 0 Å². The molecule has 0 aliphatic heterocycles. The highest BCUT2D eigenvalue weighted by atomic mass is 35.5. The molecule has 23 heavy (non-hydrogen) atoms. The predicted octanol–water partition coefficient (Wildman–Crippen LogP) is 4.16. The van der Waals surface area contributed by atoms with Gasteiger partial charge in [0.05, 0.1) is 24.7 Å². The van der Waals surface area contributed by atoms with Gasteiger partial charge in [0, 0.05) is 0 Å². The van der Waals surface area contributed by atoms with Crippen LogP contribution in [0.2, 0.25) is 5.02 Å². The zero-order valence-corrected chi connectivity index (χ0v) is 13.8. The molecule has 0 aliphatic carbocycles. The van der Waals surface area contributed by atoms with E-state index in [9.17, 15) is 9.90 Å². The van der Waals surface area contributed by atoms with E-state index in [4.69, 9.17) is 21.1 Å². The highest BCUT2D eigenvalue weighted by Crippen LogP contribution is 2.30. The van der Waals surface area contributed by atoms with Gasteiger partial charge in [-0.15, -0.1) is 0 Å². The second kappa shape index (κ2) is 7.88. The minimum Gasteiger partial charge on any atom is -0.495 e. The zero-order valence-electron chi connectivity index (χ0n) is 13.1. The van der Waals surface area contributed by atoms with Crippen molar-refractivity contribution in [1.29, 1.82) is 0 Å². The molecule has 0 aliphatic rings. The number of carbonyl (C=O) groups is 1. The molecule has 4 nitrogen and oxygen atoms in total. The first-order valence-electron chi connectivity index (χ1n) is 7.33. The van der Waals surface area contributed by atoms with Crippen LogP contribution in [-0.4, -0.2) is 24.8 Å². The van der Waals surface area contributed by atoms with Gasteiger partial charge in [0.2, 0.25) is 0 Å². The molecule has 0 saturated carbocycles. The number of hydrogen-bond acceptors (Lipinski definition) is 3. The first kappa shape index (κ1) is 17.2. The Labute approximate surface area is 140 Å². The summed E-state index contributed by atoms with van der Waals surface area (Å²) in [6.07, 6.45) is 0.379. The number of hydrogen-bond donors (Lipinski definition) is 1. The van der Waals surface area contributed by atoms with Crippen molar-refractivity contribution >= 4 is 17.6 Å². The molecule has 0 radical (unpaired) electrons. The van der Waals surface area contributed by atoms with Crippen LogP contribution in [0.4, 0.5) is 0 Å². The van der Waals surface area contributed by atoms with Crippen molar-refractivity contribution in [2.45, 2.75) is 19.3 Å². The summed E-state index contributed by atoms with van der Waals surface area (Å²) in [4.78, 5) is 11.6. The van der Waals surface area contributed by atoms with E-state index >= 15 is 0 Å². The number of ether oxygens (including phenoxy) is 2. The number of rotatable bonds is 7. The maximum Gasteiger partial charge on any atom is 0.311 e. The van der Waals surface area contributed by atoms with Crippen molar-refractivity contribution in [1.82, 2.24) is 0 Å². The second-order valence-electron chi connectivity index (χ2n) is 5.07. The van der Waals surface area contributed by atoms with Crippen LogP contribution in [0.25, 0.3) is 0 Å². The standard InChI is InChI=1S/C18H19ClO4/c1-3-23-14-7-4-12(5-8-14)10-15(18(20)21)13-6-9-17(22-2)16(19)11-13/h4-9,11,15H,3,10H2,1-2H3,(H,20,21). The summed E-state index contributed by atoms with van der Waals surface area (Å²) >= 11 is 6.10. The monoisotopic (exact) mass is 334 g/mol. The summed E-state index contributed by atoms with van der Waals surface area (Å²) in [7, 11) is 1.52. The Hall–Kier alpha value is -2.20. The molecule has 2 aromatic carbocycles. The summed E-state index contributed by atoms with van der Waals surface area (Å²) in [5.74, 6) is -0.257. The largest absolute Gasteiger partial charge is 0.495 e. The van der Waals surface area contributed by atoms with Gasteiger partial charge >= 0.3 is 5.97 Å². The Morgan fingerprint density at radius 1 is 1.22 bits per heavy atom. The molecule has 1 atom stereocenters. The maximum atomic E-state index is 11.6. The van der Waals surface area contributed by atoms with E-state index < -0.39 is 11.9 Å². The summed E-state index contributed by atoms with van der Waals surface area (Å²) in [6.45, 7) is 2.52. The SMILES string of the molecule is CCOc1ccc(CC(C(=O)O)c2ccc(OC)c(Cl)c2)cc1. The van der Waals surface area contributed by atoms with Gasteiger partial charge in [-0.1, -0.05) is 29.8 Å². The molecule has 0 amide bonds. The maximum absolute atomic E-state index is 11.6. The molecule has 0 bridgehead atoms. The Morgan fingerprint density at radius 2 is 1.91 bits per heavy atom. The highest BCUT2D eigenvalue weighted by molar-refractivity contribution is 6.32. The smallest absolute Gasteiger partial charge is 0.311 e. The van der Waals surface area contributed by atoms with Crippen LogP contribution in [0.5, 0.6) is 11.5 Å². The molecule has 1 unspecified atom stereocenters. The Morgan fingerprint density at radius 3 is 2.43 bits per heavy atom. The van der Waals surface area contributed by atoms with Gasteiger partial charge in [0.15, 0.2) is 0 Å². The van der Waals surface area contributed by atoms with Crippen LogP contribution >= 0.6 is 11.6 Å². The van der Waals surface area contributed by atoms with E-state index in [0.717, 1.165) is 11.3 Å². The van der Waals surface area contributed by atoms with Crippen molar-refractivity contribution in [2.75, 3.05) is 13.7 Å². The van der Waals surface area contributed by atoms with Crippen molar-refractivity contribution in [3.8, 4) is 11.5 Å². The third-order valence-corrected chi connectivity index (χ3v) is 3.85. The molecular formula is C18H19ClO4. The summed E-state index contributed by atoms with van der Waals surface area (Å²) in [5.41, 5.74) is 1.57. The summed E-state index contributed by atoms with van der Waals surface area (Å²) < 4.78 is 10.5. The number of benzene rings is 2. The van der Waals surface area contributed by atoms with Gasteiger partial charge in [-0.3, -0.25) is 4.79 Å². The lowest BCUT2D eigenvalue weighted by molar-refractivity contribution is -0.138. The lowest BCUT2D eigenvalue weighted by Gasteiger charge is -2.15. The topological polar surface area (TPSA) is 55.8 Å². The minimum atomic E-state index is -0.889. The van der Waals surface area contributed by atoms with Crippen LogP contribution in [0.1, 0.15) is 24.0 Å². The molecule has 122 valence electrons. The van der Waals surface area contributed by atoms with Crippen LogP contribution in [-0.2, 0) is 11.2 Å². The van der Waals surface area contributed by atoms with Gasteiger partial charge in [-0.2, -0.15) is 0 Å². The van der Waals surface area contributed by atoms with E-state index in [-0.39, 0.29) is 0 Å². The van der Waals surface area contributed by atoms with Crippen LogP contribution < -0.4 is 9.47 Å². The molecule has 5 heteroatoms. The van der Waals surface area contributed by atoms with E-state index in [1.54, 1.807) is 18.2 Å². The summed E-state index contributed by atoms with van der Waals surface area (Å²) in [5, 5.41) is 9.95. The van der Waals surface area contributed by atoms with Crippen LogP contribution in [0, 0.1) is 0 Å². The van der Waals surface area contributed by atoms with E-state index in [1.807, 2.05) is 31.2 Å². The van der Waals surface area contributed by atoms with E-state index in [0.29, 0.717) is 29.4 Å². The predicted molar refractivity (Wildman–Crippen MR) is 89.7 cm³/mol. The average molecular weight is 335 g/mol. The second-order valence-corrected chi connectivity index (χ2v) is 5.47. The molecule has 0 saturated heterocycles. The van der Waals surface area contributed by atoms with Crippen LogP contribution in [0.15, 0.2) is 42.5 Å². The lowest BCUT2D eigenvalue weighted by Crippen LogP contribution is -2.14. The van der Waals surface area contributed by atoms with Gasteiger partial charge < -0.3 is 14.6 Å². The first-order valence-corrected chi connectivity index (χ1v) is 7.71. The Bertz CT molecular complexity index is 667. The average Bonchev–Trinajstić information content (AvgIpc) is 2.54. The first-order chi connectivity index (χ1) is 11.0. The number of aliphatic carboxylic acids is 1. The van der Waals surface area contributed by atoms with E-state index in [2.05, 4.69) is 0 Å². The normalized spacial score (nSPS) is 11.8. The quantitative estimate of drug-likeness (QED) is 0.826. The molecule has 0 fully saturated rings. The van der Waals surface area contributed by atoms with Crippen LogP contribution in [0.3, 0.4) is 0 Å². The zero-order chi connectivity index (χ0) is 16.8. The molecular weight excluding hydrogens is 316 g/mol. The molecule has 0 heterocycles. The van der Waals surface area contributed by atoms with Gasteiger partial charge in [-0.05, 0) is 48.7 Å². The molecule has 0 spiro atoms. The fraction of sp³-hybridized carbons (Fsp3) is 0.278. The third kappa shape index (κ3) is 4.39. The van der Waals surface area contributed by atoms with Gasteiger partial charge in [0.1, 0.15) is 11.5 Å². The Balaban J connectivity index is 2.21. The molecule has 2 aromatic rings.